The molecule has 0 saturated carbocycles. The number of rotatable bonds is 34. The van der Waals surface area contributed by atoms with Crippen molar-refractivity contribution in [3.05, 3.63) is 374 Å². The van der Waals surface area contributed by atoms with E-state index in [9.17, 15) is 19.2 Å². The summed E-state index contributed by atoms with van der Waals surface area (Å²) in [6, 6.07) is 98.5. The Morgan fingerprint density at radius 1 is 0.284 bits per heavy atom. The summed E-state index contributed by atoms with van der Waals surface area (Å²) < 4.78 is 32.1. The molecule has 0 radical (unpaired) electrons. The van der Waals surface area contributed by atoms with Gasteiger partial charge >= 0.3 is 23.9 Å². The first-order valence-electron chi connectivity index (χ1n) is 39.1. The Morgan fingerprint density at radius 3 is 0.828 bits per heavy atom. The van der Waals surface area contributed by atoms with Crippen molar-refractivity contribution in [2.75, 3.05) is 59.2 Å². The van der Waals surface area contributed by atoms with E-state index in [2.05, 4.69) is 318 Å². The molecule has 0 amide bonds. The first-order valence-corrected chi connectivity index (χ1v) is 39.1. The number of esters is 4. The molecule has 14 nitrogen and oxygen atoms in total. The van der Waals surface area contributed by atoms with Gasteiger partial charge in [-0.05, 0) is 268 Å². The fraction of sp³-hybridized carbons (Fsp3) is 0.176. The number of ether oxygens (including phenoxy) is 6. The molecule has 0 unspecified atom stereocenters. The van der Waals surface area contributed by atoms with Gasteiger partial charge in [0.2, 0.25) is 0 Å². The number of benzene rings is 12. The molecule has 586 valence electrons. The van der Waals surface area contributed by atoms with Crippen LogP contribution in [0.3, 0.4) is 0 Å². The highest BCUT2D eigenvalue weighted by Gasteiger charge is 2.37. The van der Waals surface area contributed by atoms with E-state index in [0.29, 0.717) is 32.0 Å². The van der Waals surface area contributed by atoms with Crippen LogP contribution in [0.15, 0.2) is 330 Å². The third kappa shape index (κ3) is 20.9. The van der Waals surface area contributed by atoms with E-state index in [1.54, 1.807) is 0 Å². The highest BCUT2D eigenvalue weighted by atomic mass is 16.6. The molecule has 14 heteroatoms. The van der Waals surface area contributed by atoms with E-state index in [4.69, 9.17) is 28.4 Å². The topological polar surface area (TPSA) is 137 Å². The van der Waals surface area contributed by atoms with E-state index in [1.807, 2.05) is 48.5 Å². The zero-order valence-electron chi connectivity index (χ0n) is 66.8. The Kier molecular flexibility index (Phi) is 27.6. The fourth-order valence-electron chi connectivity index (χ4n) is 14.0. The summed E-state index contributed by atoms with van der Waals surface area (Å²) in [4.78, 5) is 54.6. The Bertz CT molecular complexity index is 5180. The molecule has 12 aromatic carbocycles. The van der Waals surface area contributed by atoms with Crippen LogP contribution in [0.2, 0.25) is 0 Å². The molecule has 0 spiro atoms. The number of aryl methyl sites for hydroxylation is 6. The number of hydrogen-bond acceptors (Lipinski definition) is 14. The minimum absolute atomic E-state index is 0.146. The maximum atomic E-state index is 11.5. The summed E-state index contributed by atoms with van der Waals surface area (Å²) >= 11 is 0. The standard InChI is InChI=1S/C53H52N2O4.C49H46N2O6/c1-7-51(56)58-33-9-11-39-17-25-43(26-18-39)54(41-21-13-37(3)14-22-41)45-29-31-47-48-32-30-46(36-50(48)53(5,6)49(47)35-45)55(42-23-15-38(4)16-24-42)44-27-19-40(20-28-44)12-10-34-59-52(57)8-2;1-5-48(52)56-33-7-32-54-46-28-24-44(25-29-46)50(40-16-8-36(3)9-17-40)42-20-12-38(13-21-42)39-14-22-43(23-15-39)51(41-18-10-37(4)11-19-41)45-26-30-47(31-27-45)55-34-35-57-49(53)6-2/h7-8,13-32,35-36H,1-2,9-12,33-34H2,3-6H3;5-6,8-31H,1-2,7,32-35H2,3-4H3. The zero-order chi connectivity index (χ0) is 81.5. The zero-order valence-corrected chi connectivity index (χ0v) is 66.8. The van der Waals surface area contributed by atoms with E-state index >= 15 is 0 Å². The summed E-state index contributed by atoms with van der Waals surface area (Å²) in [6.07, 6.45) is 8.39. The van der Waals surface area contributed by atoms with Crippen molar-refractivity contribution in [2.45, 2.75) is 79.1 Å². The molecular weight excluding hydrogens is 1440 g/mol. The normalized spacial score (nSPS) is 11.4. The summed E-state index contributed by atoms with van der Waals surface area (Å²) in [7, 11) is 0. The van der Waals surface area contributed by atoms with Gasteiger partial charge in [0.25, 0.3) is 0 Å². The highest BCUT2D eigenvalue weighted by Crippen LogP contribution is 2.53. The van der Waals surface area contributed by atoms with E-state index in [0.717, 1.165) is 123 Å². The number of carbonyl (C=O) groups excluding carboxylic acids is 4. The van der Waals surface area contributed by atoms with Gasteiger partial charge in [-0.15, -0.1) is 0 Å². The van der Waals surface area contributed by atoms with Gasteiger partial charge in [-0.2, -0.15) is 0 Å². The lowest BCUT2D eigenvalue weighted by molar-refractivity contribution is -0.139. The molecule has 13 rings (SSSR count). The molecule has 0 aromatic heterocycles. The summed E-state index contributed by atoms with van der Waals surface area (Å²) in [5, 5.41) is 0. The molecule has 0 fully saturated rings. The van der Waals surface area contributed by atoms with Crippen molar-refractivity contribution in [2.24, 2.45) is 0 Å². The summed E-state index contributed by atoms with van der Waals surface area (Å²) in [6.45, 7) is 28.7. The molecule has 1 aliphatic carbocycles. The molecule has 0 heterocycles. The van der Waals surface area contributed by atoms with Crippen LogP contribution in [0.1, 0.15) is 77.6 Å². The van der Waals surface area contributed by atoms with Gasteiger partial charge in [0, 0.05) is 104 Å². The first kappa shape index (κ1) is 81.8. The molecular formula is C102H98N4O10. The molecule has 0 saturated heterocycles. The van der Waals surface area contributed by atoms with Crippen LogP contribution < -0.4 is 29.1 Å². The van der Waals surface area contributed by atoms with Crippen LogP contribution in [-0.4, -0.2) is 63.5 Å². The third-order valence-electron chi connectivity index (χ3n) is 20.3. The molecule has 0 aliphatic heterocycles. The Balaban J connectivity index is 0.000000214. The van der Waals surface area contributed by atoms with Crippen LogP contribution in [-0.2, 0) is 56.4 Å². The maximum absolute atomic E-state index is 11.5. The largest absolute Gasteiger partial charge is 0.493 e. The van der Waals surface area contributed by atoms with Crippen LogP contribution in [0.5, 0.6) is 11.5 Å². The first-order chi connectivity index (χ1) is 56.4. The Hall–Kier alpha value is -13.7. The van der Waals surface area contributed by atoms with E-state index < -0.39 is 11.9 Å². The van der Waals surface area contributed by atoms with E-state index in [-0.39, 0.29) is 37.2 Å². The van der Waals surface area contributed by atoms with Crippen molar-refractivity contribution in [1.82, 2.24) is 0 Å². The predicted molar refractivity (Wildman–Crippen MR) is 470 cm³/mol. The maximum Gasteiger partial charge on any atom is 0.330 e. The smallest absolute Gasteiger partial charge is 0.330 e. The lowest BCUT2D eigenvalue weighted by Crippen LogP contribution is -2.17. The van der Waals surface area contributed by atoms with Gasteiger partial charge in [0.05, 0.1) is 26.4 Å². The van der Waals surface area contributed by atoms with Crippen molar-refractivity contribution in [3.63, 3.8) is 0 Å². The van der Waals surface area contributed by atoms with Gasteiger partial charge in [-0.1, -0.05) is 172 Å². The van der Waals surface area contributed by atoms with Gasteiger partial charge in [0.1, 0.15) is 24.7 Å². The highest BCUT2D eigenvalue weighted by molar-refractivity contribution is 5.90. The van der Waals surface area contributed by atoms with Crippen LogP contribution in [0.4, 0.5) is 68.2 Å². The monoisotopic (exact) mass is 1540 g/mol. The quantitative estimate of drug-likeness (QED) is 0.0164. The van der Waals surface area contributed by atoms with Gasteiger partial charge in [-0.3, -0.25) is 0 Å². The van der Waals surface area contributed by atoms with E-state index in [1.165, 1.54) is 67.8 Å². The average Bonchev–Trinajstić information content (AvgIpc) is 1.57. The summed E-state index contributed by atoms with van der Waals surface area (Å²) in [5.74, 6) is -0.260. The number of carbonyl (C=O) groups is 4. The molecule has 1 aliphatic rings. The third-order valence-corrected chi connectivity index (χ3v) is 20.3. The molecule has 0 bridgehead atoms. The lowest BCUT2D eigenvalue weighted by Gasteiger charge is -2.29. The van der Waals surface area contributed by atoms with Gasteiger partial charge < -0.3 is 48.0 Å². The van der Waals surface area contributed by atoms with Crippen molar-refractivity contribution in [3.8, 4) is 33.8 Å². The number of anilines is 12. The van der Waals surface area contributed by atoms with Crippen LogP contribution in [0.25, 0.3) is 22.3 Å². The second kappa shape index (κ2) is 39.2. The average molecular weight is 1540 g/mol. The fourth-order valence-corrected chi connectivity index (χ4v) is 14.0. The minimum Gasteiger partial charge on any atom is -0.493 e. The van der Waals surface area contributed by atoms with Crippen molar-refractivity contribution >= 4 is 92.1 Å². The number of nitrogens with zero attached hydrogens (tertiary/aromatic N) is 4. The van der Waals surface area contributed by atoms with Gasteiger partial charge in [0.15, 0.2) is 0 Å². The summed E-state index contributed by atoms with van der Waals surface area (Å²) in [5.41, 5.74) is 26.8. The van der Waals surface area contributed by atoms with Crippen LogP contribution in [0, 0.1) is 27.7 Å². The molecule has 0 N–H and O–H groups in total. The second-order valence-corrected chi connectivity index (χ2v) is 28.9. The Morgan fingerprint density at radius 2 is 0.526 bits per heavy atom. The molecule has 12 aromatic rings. The SMILES string of the molecule is C=CC(=O)OCCCOc1ccc(N(c2ccc(C)cc2)c2ccc(-c3ccc(N(c4ccc(C)cc4)c4ccc(OCCOC(=O)C=C)cc4)cc3)cc2)cc1.C=CC(=O)OCCCc1ccc(N(c2ccc(C)cc2)c2ccc3c(c2)C(C)(C)c2cc(N(c4ccc(C)cc4)c4ccc(CCCOC(=O)C=C)cc4)ccc2-3)cc1. The number of fused-ring (bicyclic) bond motifs is 3. The second-order valence-electron chi connectivity index (χ2n) is 28.9. The molecule has 116 heavy (non-hydrogen) atoms. The van der Waals surface area contributed by atoms with Crippen LogP contribution >= 0.6 is 0 Å². The number of hydrogen-bond donors (Lipinski definition) is 0. The van der Waals surface area contributed by atoms with Crippen molar-refractivity contribution < 1.29 is 47.6 Å². The van der Waals surface area contributed by atoms with Crippen molar-refractivity contribution in [1.29, 1.82) is 0 Å². The minimum atomic E-state index is -0.472. The van der Waals surface area contributed by atoms with Gasteiger partial charge in [-0.25, -0.2) is 19.2 Å². The lowest BCUT2D eigenvalue weighted by atomic mass is 9.82. The molecule has 0 atom stereocenters. The predicted octanol–water partition coefficient (Wildman–Crippen LogP) is 24.4. The Labute approximate surface area is 682 Å².